The summed E-state index contributed by atoms with van der Waals surface area (Å²) in [7, 11) is -3.58. The molecule has 7 nitrogen and oxygen atoms in total. The predicted octanol–water partition coefficient (Wildman–Crippen LogP) is 4.53. The third-order valence-corrected chi connectivity index (χ3v) is 7.49. The second-order valence-electron chi connectivity index (χ2n) is 6.96. The van der Waals surface area contributed by atoms with Crippen molar-refractivity contribution in [3.8, 4) is 0 Å². The Morgan fingerprint density at radius 1 is 1.13 bits per heavy atom. The quantitative estimate of drug-likeness (QED) is 0.494. The van der Waals surface area contributed by atoms with Crippen molar-refractivity contribution in [1.82, 2.24) is 14.3 Å². The number of fused-ring (bicyclic) bond motifs is 1. The van der Waals surface area contributed by atoms with Crippen molar-refractivity contribution in [1.29, 1.82) is 0 Å². The SMILES string of the molecule is CCCCN(CCCC)S(=O)(=O)c1ccc2nc(NC(=O)c3cccnc3)sc2c1. The third-order valence-electron chi connectivity index (χ3n) is 4.66. The summed E-state index contributed by atoms with van der Waals surface area (Å²) in [4.78, 5) is 20.9. The van der Waals surface area contributed by atoms with E-state index in [0.29, 0.717) is 34.0 Å². The van der Waals surface area contributed by atoms with Crippen LogP contribution < -0.4 is 5.32 Å². The number of unbranched alkanes of at least 4 members (excludes halogenated alkanes) is 2. The summed E-state index contributed by atoms with van der Waals surface area (Å²) in [5.41, 5.74) is 1.08. The molecule has 160 valence electrons. The lowest BCUT2D eigenvalue weighted by Gasteiger charge is -2.21. The van der Waals surface area contributed by atoms with Gasteiger partial charge in [0, 0.05) is 25.5 Å². The molecule has 2 heterocycles. The summed E-state index contributed by atoms with van der Waals surface area (Å²) < 4.78 is 28.7. The fourth-order valence-corrected chi connectivity index (χ4v) is 5.47. The van der Waals surface area contributed by atoms with Gasteiger partial charge >= 0.3 is 0 Å². The molecule has 0 saturated carbocycles. The molecule has 2 aromatic heterocycles. The van der Waals surface area contributed by atoms with Crippen LogP contribution in [0.4, 0.5) is 5.13 Å². The first kappa shape index (κ1) is 22.3. The molecule has 1 aromatic carbocycles. The van der Waals surface area contributed by atoms with Gasteiger partial charge in [-0.1, -0.05) is 38.0 Å². The number of anilines is 1. The lowest BCUT2D eigenvalue weighted by Crippen LogP contribution is -2.33. The molecular weight excluding hydrogens is 420 g/mol. The van der Waals surface area contributed by atoms with E-state index in [1.807, 2.05) is 0 Å². The Balaban J connectivity index is 1.84. The highest BCUT2D eigenvalue weighted by Crippen LogP contribution is 2.29. The maximum absolute atomic E-state index is 13.2. The topological polar surface area (TPSA) is 92.3 Å². The van der Waals surface area contributed by atoms with Gasteiger partial charge in [-0.05, 0) is 43.2 Å². The van der Waals surface area contributed by atoms with Gasteiger partial charge in [0.15, 0.2) is 5.13 Å². The molecule has 3 aromatic rings. The van der Waals surface area contributed by atoms with Crippen molar-refractivity contribution in [2.45, 2.75) is 44.4 Å². The maximum Gasteiger partial charge on any atom is 0.259 e. The fraction of sp³-hybridized carbons (Fsp3) is 0.381. The van der Waals surface area contributed by atoms with Gasteiger partial charge in [-0.3, -0.25) is 15.1 Å². The average Bonchev–Trinajstić information content (AvgIpc) is 3.15. The minimum atomic E-state index is -3.58. The highest BCUT2D eigenvalue weighted by atomic mass is 32.2. The standard InChI is InChI=1S/C21H26N4O3S2/c1-3-5-12-25(13-6-4-2)30(27,28)17-9-10-18-19(14-17)29-21(23-18)24-20(26)16-8-7-11-22-15-16/h7-11,14-15H,3-6,12-13H2,1-2H3,(H,23,24,26). The number of sulfonamides is 1. The molecule has 30 heavy (non-hydrogen) atoms. The number of hydrogen-bond acceptors (Lipinski definition) is 6. The van der Waals surface area contributed by atoms with Crippen LogP contribution in [0.15, 0.2) is 47.6 Å². The maximum atomic E-state index is 13.2. The van der Waals surface area contributed by atoms with E-state index in [2.05, 4.69) is 29.1 Å². The van der Waals surface area contributed by atoms with Crippen molar-refractivity contribution in [2.75, 3.05) is 18.4 Å². The van der Waals surface area contributed by atoms with E-state index < -0.39 is 10.0 Å². The Hall–Kier alpha value is -2.36. The molecule has 3 rings (SSSR count). The number of carbonyl (C=O) groups excluding carboxylic acids is 1. The van der Waals surface area contributed by atoms with E-state index in [-0.39, 0.29) is 10.8 Å². The summed E-state index contributed by atoms with van der Waals surface area (Å²) in [5.74, 6) is -0.305. The molecule has 0 aliphatic carbocycles. The lowest BCUT2D eigenvalue weighted by molar-refractivity contribution is 0.102. The van der Waals surface area contributed by atoms with Gasteiger partial charge in [0.1, 0.15) is 0 Å². The molecule has 0 radical (unpaired) electrons. The number of hydrogen-bond donors (Lipinski definition) is 1. The molecule has 0 aliphatic rings. The summed E-state index contributed by atoms with van der Waals surface area (Å²) in [6.07, 6.45) is 6.61. The van der Waals surface area contributed by atoms with Crippen LogP contribution in [0.25, 0.3) is 10.2 Å². The highest BCUT2D eigenvalue weighted by molar-refractivity contribution is 7.89. The van der Waals surface area contributed by atoms with Crippen LogP contribution in [-0.2, 0) is 10.0 Å². The van der Waals surface area contributed by atoms with E-state index in [9.17, 15) is 13.2 Å². The van der Waals surface area contributed by atoms with Crippen molar-refractivity contribution >= 4 is 42.6 Å². The van der Waals surface area contributed by atoms with E-state index in [0.717, 1.165) is 25.7 Å². The van der Waals surface area contributed by atoms with Crippen molar-refractivity contribution < 1.29 is 13.2 Å². The van der Waals surface area contributed by atoms with Gasteiger partial charge in [0.25, 0.3) is 5.91 Å². The molecule has 0 saturated heterocycles. The monoisotopic (exact) mass is 446 g/mol. The second-order valence-corrected chi connectivity index (χ2v) is 9.92. The van der Waals surface area contributed by atoms with Crippen LogP contribution in [0, 0.1) is 0 Å². The zero-order chi connectivity index (χ0) is 21.6. The minimum absolute atomic E-state index is 0.260. The van der Waals surface area contributed by atoms with Crippen LogP contribution in [0.1, 0.15) is 49.9 Å². The van der Waals surface area contributed by atoms with E-state index in [1.54, 1.807) is 40.8 Å². The highest BCUT2D eigenvalue weighted by Gasteiger charge is 2.24. The Labute approximate surface area is 181 Å². The molecule has 9 heteroatoms. The summed E-state index contributed by atoms with van der Waals surface area (Å²) in [6, 6.07) is 8.28. The molecule has 1 amide bonds. The van der Waals surface area contributed by atoms with E-state index >= 15 is 0 Å². The zero-order valence-electron chi connectivity index (χ0n) is 17.2. The lowest BCUT2D eigenvalue weighted by atomic mass is 10.3. The molecule has 0 fully saturated rings. The number of nitrogens with one attached hydrogen (secondary N) is 1. The van der Waals surface area contributed by atoms with E-state index in [1.165, 1.54) is 17.5 Å². The number of carbonyl (C=O) groups is 1. The smallest absolute Gasteiger partial charge is 0.259 e. The van der Waals surface area contributed by atoms with Gasteiger partial charge in [-0.25, -0.2) is 13.4 Å². The number of thiazole rings is 1. The number of amides is 1. The first-order valence-electron chi connectivity index (χ1n) is 10.1. The van der Waals surface area contributed by atoms with Crippen LogP contribution >= 0.6 is 11.3 Å². The Morgan fingerprint density at radius 2 is 1.87 bits per heavy atom. The van der Waals surface area contributed by atoms with Crippen LogP contribution in [-0.4, -0.2) is 41.7 Å². The molecular formula is C21H26N4O3S2. The Morgan fingerprint density at radius 3 is 2.50 bits per heavy atom. The van der Waals surface area contributed by atoms with Crippen molar-refractivity contribution in [2.24, 2.45) is 0 Å². The average molecular weight is 447 g/mol. The minimum Gasteiger partial charge on any atom is -0.298 e. The molecule has 0 unspecified atom stereocenters. The molecule has 0 spiro atoms. The third kappa shape index (κ3) is 5.21. The number of benzene rings is 1. The summed E-state index contributed by atoms with van der Waals surface area (Å²) in [5, 5.41) is 3.17. The normalized spacial score (nSPS) is 11.8. The van der Waals surface area contributed by atoms with Gasteiger partial charge in [0.2, 0.25) is 10.0 Å². The zero-order valence-corrected chi connectivity index (χ0v) is 18.8. The van der Waals surface area contributed by atoms with Gasteiger partial charge < -0.3 is 0 Å². The number of aromatic nitrogens is 2. The van der Waals surface area contributed by atoms with Crippen molar-refractivity contribution in [3.05, 3.63) is 48.3 Å². The first-order chi connectivity index (χ1) is 14.5. The number of nitrogens with zero attached hydrogens (tertiary/aromatic N) is 3. The van der Waals surface area contributed by atoms with Gasteiger partial charge in [-0.2, -0.15) is 4.31 Å². The van der Waals surface area contributed by atoms with Gasteiger partial charge in [0.05, 0.1) is 20.7 Å². The second kappa shape index (κ2) is 10.1. The molecule has 1 N–H and O–H groups in total. The number of pyridine rings is 1. The van der Waals surface area contributed by atoms with Crippen molar-refractivity contribution in [3.63, 3.8) is 0 Å². The summed E-state index contributed by atoms with van der Waals surface area (Å²) >= 11 is 1.25. The summed E-state index contributed by atoms with van der Waals surface area (Å²) in [6.45, 7) is 5.14. The molecule has 0 aliphatic heterocycles. The molecule has 0 bridgehead atoms. The largest absolute Gasteiger partial charge is 0.298 e. The van der Waals surface area contributed by atoms with Crippen LogP contribution in [0.2, 0.25) is 0 Å². The first-order valence-corrected chi connectivity index (χ1v) is 12.3. The predicted molar refractivity (Wildman–Crippen MR) is 120 cm³/mol. The fourth-order valence-electron chi connectivity index (χ4n) is 2.96. The Bertz CT molecular complexity index is 1090. The van der Waals surface area contributed by atoms with Gasteiger partial charge in [-0.15, -0.1) is 0 Å². The van der Waals surface area contributed by atoms with Crippen LogP contribution in [0.5, 0.6) is 0 Å². The van der Waals surface area contributed by atoms with E-state index in [4.69, 9.17) is 0 Å². The molecule has 0 atom stereocenters. The number of rotatable bonds is 10. The van der Waals surface area contributed by atoms with Crippen LogP contribution in [0.3, 0.4) is 0 Å². The Kier molecular flexibility index (Phi) is 7.52.